The molecule has 0 spiro atoms. The monoisotopic (exact) mass is 325 g/mol. The van der Waals surface area contributed by atoms with Crippen molar-refractivity contribution in [3.05, 3.63) is 0 Å². The average Bonchev–Trinajstić information content (AvgIpc) is 2.50. The Labute approximate surface area is 126 Å². The summed E-state index contributed by atoms with van der Waals surface area (Å²) >= 11 is 0. The summed E-state index contributed by atoms with van der Waals surface area (Å²) in [6.45, 7) is 0.970. The molecule has 130 valence electrons. The Balaban J connectivity index is 2.10. The molecular formula is C12H23NO9. The van der Waals surface area contributed by atoms with E-state index in [0.29, 0.717) is 0 Å². The van der Waals surface area contributed by atoms with Gasteiger partial charge < -0.3 is 50.6 Å². The first-order chi connectivity index (χ1) is 10.3. The molecule has 2 aliphatic rings. The van der Waals surface area contributed by atoms with Crippen LogP contribution in [-0.2, 0) is 14.2 Å². The summed E-state index contributed by atoms with van der Waals surface area (Å²) in [5, 5.41) is 58.0. The van der Waals surface area contributed by atoms with Crippen LogP contribution in [0, 0.1) is 0 Å². The van der Waals surface area contributed by atoms with Crippen LogP contribution in [-0.4, -0.2) is 98.6 Å². The van der Waals surface area contributed by atoms with E-state index in [1.165, 1.54) is 0 Å². The van der Waals surface area contributed by atoms with Crippen molar-refractivity contribution in [2.75, 3.05) is 6.61 Å². The van der Waals surface area contributed by atoms with Crippen LogP contribution >= 0.6 is 0 Å². The molecule has 2 heterocycles. The van der Waals surface area contributed by atoms with E-state index >= 15 is 0 Å². The van der Waals surface area contributed by atoms with Gasteiger partial charge in [0.25, 0.3) is 0 Å². The molecule has 0 aromatic heterocycles. The van der Waals surface area contributed by atoms with Gasteiger partial charge in [0, 0.05) is 0 Å². The standard InChI is InChI=1S/C12H23NO9/c1-3-5(13)6(15)9(18)12(20-3)22-10-4(2-14)21-11(19)8(17)7(10)16/h3-12,14-19H,2,13H2,1H3/t3-,4-,5-,6+,7-,8-,9-,10-,11-,12-/m1/s1. The Bertz CT molecular complexity index is 371. The molecule has 0 aromatic rings. The number of hydrogen-bond acceptors (Lipinski definition) is 10. The zero-order valence-corrected chi connectivity index (χ0v) is 12.0. The van der Waals surface area contributed by atoms with E-state index in [9.17, 15) is 30.6 Å². The molecule has 2 aliphatic heterocycles. The molecule has 2 saturated heterocycles. The summed E-state index contributed by atoms with van der Waals surface area (Å²) in [4.78, 5) is 0. The summed E-state index contributed by atoms with van der Waals surface area (Å²) in [5.74, 6) is 0. The molecule has 0 amide bonds. The van der Waals surface area contributed by atoms with Crippen molar-refractivity contribution in [1.29, 1.82) is 0 Å². The van der Waals surface area contributed by atoms with Gasteiger partial charge in [-0.05, 0) is 6.92 Å². The van der Waals surface area contributed by atoms with E-state index in [0.717, 1.165) is 0 Å². The zero-order chi connectivity index (χ0) is 16.6. The van der Waals surface area contributed by atoms with E-state index in [-0.39, 0.29) is 0 Å². The number of rotatable bonds is 3. The zero-order valence-electron chi connectivity index (χ0n) is 12.0. The van der Waals surface area contributed by atoms with Crippen molar-refractivity contribution >= 4 is 0 Å². The van der Waals surface area contributed by atoms with Gasteiger partial charge in [0.05, 0.1) is 18.8 Å². The molecule has 0 saturated carbocycles. The quantitative estimate of drug-likeness (QED) is 0.268. The summed E-state index contributed by atoms with van der Waals surface area (Å²) < 4.78 is 15.6. The van der Waals surface area contributed by atoms with Crippen molar-refractivity contribution in [2.24, 2.45) is 5.73 Å². The second-order valence-corrected chi connectivity index (χ2v) is 5.60. The highest BCUT2D eigenvalue weighted by Gasteiger charge is 2.49. The molecule has 8 N–H and O–H groups in total. The van der Waals surface area contributed by atoms with Gasteiger partial charge in [-0.15, -0.1) is 0 Å². The molecule has 10 nitrogen and oxygen atoms in total. The van der Waals surface area contributed by atoms with E-state index in [1.54, 1.807) is 6.92 Å². The lowest BCUT2D eigenvalue weighted by molar-refractivity contribution is -0.344. The van der Waals surface area contributed by atoms with E-state index < -0.39 is 68.0 Å². The Morgan fingerprint density at radius 3 is 2.18 bits per heavy atom. The number of hydrogen-bond donors (Lipinski definition) is 7. The smallest absolute Gasteiger partial charge is 0.187 e. The number of aliphatic hydroxyl groups is 6. The van der Waals surface area contributed by atoms with Crippen LogP contribution in [0.4, 0.5) is 0 Å². The predicted molar refractivity (Wildman–Crippen MR) is 69.2 cm³/mol. The fourth-order valence-corrected chi connectivity index (χ4v) is 2.55. The lowest BCUT2D eigenvalue weighted by Gasteiger charge is -2.45. The second kappa shape index (κ2) is 7.01. The summed E-state index contributed by atoms with van der Waals surface area (Å²) in [5.41, 5.74) is 5.65. The van der Waals surface area contributed by atoms with Crippen molar-refractivity contribution in [3.8, 4) is 0 Å². The Kier molecular flexibility index (Phi) is 5.72. The lowest BCUT2D eigenvalue weighted by Crippen LogP contribution is -2.65. The van der Waals surface area contributed by atoms with Gasteiger partial charge in [-0.3, -0.25) is 0 Å². The lowest BCUT2D eigenvalue weighted by atomic mass is 9.96. The normalized spacial score (nSPS) is 53.5. The third kappa shape index (κ3) is 3.26. The summed E-state index contributed by atoms with van der Waals surface area (Å²) in [6.07, 6.45) is -12.1. The first-order valence-corrected chi connectivity index (χ1v) is 7.01. The van der Waals surface area contributed by atoms with Crippen LogP contribution in [0.3, 0.4) is 0 Å². The Morgan fingerprint density at radius 1 is 0.955 bits per heavy atom. The van der Waals surface area contributed by atoms with Gasteiger partial charge >= 0.3 is 0 Å². The van der Waals surface area contributed by atoms with Crippen LogP contribution in [0.2, 0.25) is 0 Å². The first-order valence-electron chi connectivity index (χ1n) is 7.01. The molecular weight excluding hydrogens is 302 g/mol. The van der Waals surface area contributed by atoms with Gasteiger partial charge in [0.15, 0.2) is 12.6 Å². The third-order valence-electron chi connectivity index (χ3n) is 4.04. The molecule has 0 bridgehead atoms. The topological polar surface area (TPSA) is 175 Å². The van der Waals surface area contributed by atoms with Crippen LogP contribution < -0.4 is 5.73 Å². The van der Waals surface area contributed by atoms with Gasteiger partial charge in [0.1, 0.15) is 36.6 Å². The molecule has 0 aliphatic carbocycles. The molecule has 10 atom stereocenters. The maximum absolute atomic E-state index is 9.96. The molecule has 22 heavy (non-hydrogen) atoms. The van der Waals surface area contributed by atoms with Crippen LogP contribution in [0.5, 0.6) is 0 Å². The number of ether oxygens (including phenoxy) is 3. The largest absolute Gasteiger partial charge is 0.394 e. The van der Waals surface area contributed by atoms with Crippen LogP contribution in [0.15, 0.2) is 0 Å². The highest BCUT2D eigenvalue weighted by atomic mass is 16.7. The van der Waals surface area contributed by atoms with Crippen LogP contribution in [0.1, 0.15) is 6.92 Å². The minimum absolute atomic E-state index is 0.605. The van der Waals surface area contributed by atoms with Gasteiger partial charge in [-0.2, -0.15) is 0 Å². The maximum atomic E-state index is 9.96. The predicted octanol–water partition coefficient (Wildman–Crippen LogP) is -4.40. The van der Waals surface area contributed by atoms with Gasteiger partial charge in [-0.1, -0.05) is 0 Å². The van der Waals surface area contributed by atoms with Gasteiger partial charge in [-0.25, -0.2) is 0 Å². The molecule has 0 unspecified atom stereocenters. The molecule has 2 fully saturated rings. The fourth-order valence-electron chi connectivity index (χ4n) is 2.55. The highest BCUT2D eigenvalue weighted by Crippen LogP contribution is 2.27. The van der Waals surface area contributed by atoms with Crippen LogP contribution in [0.25, 0.3) is 0 Å². The molecule has 10 heteroatoms. The van der Waals surface area contributed by atoms with Gasteiger partial charge in [0.2, 0.25) is 0 Å². The Morgan fingerprint density at radius 2 is 1.59 bits per heavy atom. The van der Waals surface area contributed by atoms with Crippen molar-refractivity contribution in [2.45, 2.75) is 68.3 Å². The number of nitrogens with two attached hydrogens (primary N) is 1. The number of aliphatic hydroxyl groups excluding tert-OH is 6. The second-order valence-electron chi connectivity index (χ2n) is 5.60. The van der Waals surface area contributed by atoms with Crippen molar-refractivity contribution < 1.29 is 44.8 Å². The molecule has 2 rings (SSSR count). The Hall–Kier alpha value is -0.400. The van der Waals surface area contributed by atoms with E-state index in [1.807, 2.05) is 0 Å². The molecule has 0 aromatic carbocycles. The molecule has 0 radical (unpaired) electrons. The first kappa shape index (κ1) is 17.9. The van der Waals surface area contributed by atoms with E-state index in [2.05, 4.69) is 0 Å². The fraction of sp³-hybridized carbons (Fsp3) is 1.00. The minimum Gasteiger partial charge on any atom is -0.394 e. The highest BCUT2D eigenvalue weighted by molar-refractivity contribution is 4.94. The summed E-state index contributed by atoms with van der Waals surface area (Å²) in [6, 6.07) is -0.816. The average molecular weight is 325 g/mol. The third-order valence-corrected chi connectivity index (χ3v) is 4.04. The minimum atomic E-state index is -1.68. The SMILES string of the molecule is C[C@H]1O[C@H](O[C@H]2[C@H](O)[C@@H](O)[C@H](O)O[C@@H]2CO)[C@H](O)[C@@H](O)[C@@H]1N. The maximum Gasteiger partial charge on any atom is 0.187 e. The summed E-state index contributed by atoms with van der Waals surface area (Å²) in [7, 11) is 0. The van der Waals surface area contributed by atoms with E-state index in [4.69, 9.17) is 19.9 Å². The van der Waals surface area contributed by atoms with Crippen molar-refractivity contribution in [1.82, 2.24) is 0 Å². The van der Waals surface area contributed by atoms with Crippen molar-refractivity contribution in [3.63, 3.8) is 0 Å².